The Morgan fingerprint density at radius 3 is 2.48 bits per heavy atom. The average molecular weight is 408 g/mol. The van der Waals surface area contributed by atoms with Gasteiger partial charge in [-0.25, -0.2) is 4.98 Å². The van der Waals surface area contributed by atoms with Crippen LogP contribution in [-0.4, -0.2) is 38.7 Å². The molecule has 29 heavy (non-hydrogen) atoms. The number of hydrogen-bond donors (Lipinski definition) is 0. The average Bonchev–Trinajstić information content (AvgIpc) is 2.77. The van der Waals surface area contributed by atoms with E-state index in [0.29, 0.717) is 22.6 Å². The zero-order valence-corrected chi connectivity index (χ0v) is 17.4. The molecule has 2 aromatic carbocycles. The fourth-order valence-electron chi connectivity index (χ4n) is 3.72. The van der Waals surface area contributed by atoms with Gasteiger partial charge in [0.2, 0.25) is 5.91 Å². The first-order valence-corrected chi connectivity index (χ1v) is 11.0. The second kappa shape index (κ2) is 8.82. The molecular weight excluding hydrogens is 382 g/mol. The van der Waals surface area contributed by atoms with Crippen LogP contribution in [0.2, 0.25) is 0 Å². The van der Waals surface area contributed by atoms with Crippen LogP contribution in [-0.2, 0) is 11.3 Å². The number of nitrogens with zero attached hydrogens (tertiary/aromatic N) is 3. The molecule has 2 heterocycles. The van der Waals surface area contributed by atoms with Crippen LogP contribution in [0.1, 0.15) is 31.7 Å². The Morgan fingerprint density at radius 1 is 1.03 bits per heavy atom. The molecule has 1 aliphatic rings. The van der Waals surface area contributed by atoms with Crippen LogP contribution >= 0.6 is 11.8 Å². The predicted molar refractivity (Wildman–Crippen MR) is 117 cm³/mol. The maximum absolute atomic E-state index is 13.2. The number of thioether (sulfide) groups is 1. The highest BCUT2D eigenvalue weighted by Crippen LogP contribution is 2.25. The van der Waals surface area contributed by atoms with Gasteiger partial charge in [0.25, 0.3) is 5.56 Å². The first-order valence-electron chi connectivity index (χ1n) is 10.1. The molecular formula is C23H25N3O2S. The number of aromatic nitrogens is 2. The van der Waals surface area contributed by atoms with Crippen molar-refractivity contribution in [3.05, 3.63) is 70.5 Å². The van der Waals surface area contributed by atoms with E-state index in [4.69, 9.17) is 4.98 Å². The van der Waals surface area contributed by atoms with Gasteiger partial charge in [-0.05, 0) is 43.9 Å². The van der Waals surface area contributed by atoms with Crippen molar-refractivity contribution in [3.63, 3.8) is 0 Å². The van der Waals surface area contributed by atoms with E-state index in [1.54, 1.807) is 4.57 Å². The number of para-hydroxylation sites is 1. The van der Waals surface area contributed by atoms with E-state index >= 15 is 0 Å². The largest absolute Gasteiger partial charge is 0.342 e. The van der Waals surface area contributed by atoms with Crippen LogP contribution in [0.3, 0.4) is 0 Å². The molecule has 0 aliphatic carbocycles. The highest BCUT2D eigenvalue weighted by Gasteiger charge is 2.25. The molecule has 0 bridgehead atoms. The fraction of sp³-hybridized carbons (Fsp3) is 0.348. The first-order chi connectivity index (χ1) is 14.1. The van der Waals surface area contributed by atoms with E-state index in [1.165, 1.54) is 18.2 Å². The third-order valence-corrected chi connectivity index (χ3v) is 6.39. The van der Waals surface area contributed by atoms with Crippen molar-refractivity contribution in [1.29, 1.82) is 0 Å². The molecule has 150 valence electrons. The Bertz CT molecular complexity index is 1060. The molecule has 1 amide bonds. The number of fused-ring (bicyclic) bond motifs is 1. The van der Waals surface area contributed by atoms with Crippen LogP contribution in [0.15, 0.2) is 64.5 Å². The topological polar surface area (TPSA) is 55.2 Å². The van der Waals surface area contributed by atoms with Gasteiger partial charge in [0, 0.05) is 13.1 Å². The summed E-state index contributed by atoms with van der Waals surface area (Å²) in [5, 5.41) is 0.904. The number of carbonyl (C=O) groups excluding carboxylic acids is 1. The molecule has 6 heteroatoms. The molecule has 1 fully saturated rings. The number of likely N-dealkylation sites (tertiary alicyclic amines) is 1. The molecule has 1 atom stereocenters. The lowest BCUT2D eigenvalue weighted by molar-refractivity contribution is -0.131. The quantitative estimate of drug-likeness (QED) is 0.475. The maximum Gasteiger partial charge on any atom is 0.262 e. The number of piperidine rings is 1. The molecule has 1 aromatic heterocycles. The summed E-state index contributed by atoms with van der Waals surface area (Å²) in [5.74, 6) is 0.128. The summed E-state index contributed by atoms with van der Waals surface area (Å²) >= 11 is 1.38. The van der Waals surface area contributed by atoms with Crippen molar-refractivity contribution in [2.75, 3.05) is 13.1 Å². The highest BCUT2D eigenvalue weighted by atomic mass is 32.2. The van der Waals surface area contributed by atoms with Crippen LogP contribution < -0.4 is 5.56 Å². The van der Waals surface area contributed by atoms with Crippen LogP contribution in [0.4, 0.5) is 0 Å². The SMILES string of the molecule is C[C@@H](Sc1nc2ccccc2c(=O)n1Cc1ccccc1)C(=O)N1CCCCC1. The summed E-state index contributed by atoms with van der Waals surface area (Å²) in [6.45, 7) is 4.00. The summed E-state index contributed by atoms with van der Waals surface area (Å²) in [4.78, 5) is 32.8. The molecule has 0 radical (unpaired) electrons. The van der Waals surface area contributed by atoms with Gasteiger partial charge in [0.05, 0.1) is 22.7 Å². The molecule has 0 saturated carbocycles. The number of carbonyl (C=O) groups is 1. The molecule has 1 aliphatic heterocycles. The molecule has 0 N–H and O–H groups in total. The molecule has 3 aromatic rings. The van der Waals surface area contributed by atoms with E-state index < -0.39 is 0 Å². The van der Waals surface area contributed by atoms with Gasteiger partial charge in [0.15, 0.2) is 5.16 Å². The van der Waals surface area contributed by atoms with Crippen molar-refractivity contribution in [3.8, 4) is 0 Å². The Kier molecular flexibility index (Phi) is 6.00. The molecule has 0 unspecified atom stereocenters. The van der Waals surface area contributed by atoms with Crippen LogP contribution in [0.5, 0.6) is 0 Å². The monoisotopic (exact) mass is 407 g/mol. The van der Waals surface area contributed by atoms with E-state index in [-0.39, 0.29) is 16.7 Å². The Hall–Kier alpha value is -2.60. The summed E-state index contributed by atoms with van der Waals surface area (Å²) < 4.78 is 1.70. The predicted octanol–water partition coefficient (Wildman–Crippen LogP) is 3.94. The van der Waals surface area contributed by atoms with Crippen molar-refractivity contribution in [2.24, 2.45) is 0 Å². The lowest BCUT2D eigenvalue weighted by Crippen LogP contribution is -2.40. The van der Waals surface area contributed by atoms with Gasteiger partial charge < -0.3 is 4.90 Å². The lowest BCUT2D eigenvalue weighted by atomic mass is 10.1. The summed E-state index contributed by atoms with van der Waals surface area (Å²) in [5.41, 5.74) is 1.63. The van der Waals surface area contributed by atoms with E-state index in [9.17, 15) is 9.59 Å². The Morgan fingerprint density at radius 2 is 1.72 bits per heavy atom. The third kappa shape index (κ3) is 4.37. The molecule has 4 rings (SSSR count). The molecule has 0 spiro atoms. The van der Waals surface area contributed by atoms with E-state index in [1.807, 2.05) is 66.4 Å². The smallest absolute Gasteiger partial charge is 0.262 e. The summed E-state index contributed by atoms with van der Waals surface area (Å²) in [7, 11) is 0. The Labute approximate surface area is 174 Å². The van der Waals surface area contributed by atoms with E-state index in [0.717, 1.165) is 31.5 Å². The fourth-order valence-corrected chi connectivity index (χ4v) is 4.71. The zero-order chi connectivity index (χ0) is 20.2. The minimum absolute atomic E-state index is 0.0698. The number of amides is 1. The van der Waals surface area contributed by atoms with Gasteiger partial charge in [-0.1, -0.05) is 54.2 Å². The standard InChI is InChI=1S/C23H25N3O2S/c1-17(21(27)25-14-8-3-9-15-25)29-23-24-20-13-7-6-12-19(20)22(28)26(23)16-18-10-4-2-5-11-18/h2,4-7,10-13,17H,3,8-9,14-16H2,1H3/t17-/m1/s1. The third-order valence-electron chi connectivity index (χ3n) is 5.31. The van der Waals surface area contributed by atoms with Gasteiger partial charge in [-0.2, -0.15) is 0 Å². The number of hydrogen-bond acceptors (Lipinski definition) is 4. The zero-order valence-electron chi connectivity index (χ0n) is 16.6. The van der Waals surface area contributed by atoms with E-state index in [2.05, 4.69) is 0 Å². The minimum atomic E-state index is -0.289. The minimum Gasteiger partial charge on any atom is -0.342 e. The van der Waals surface area contributed by atoms with Gasteiger partial charge in [-0.15, -0.1) is 0 Å². The second-order valence-corrected chi connectivity index (χ2v) is 8.74. The first kappa shape index (κ1) is 19.7. The van der Waals surface area contributed by atoms with Crippen LogP contribution in [0.25, 0.3) is 10.9 Å². The van der Waals surface area contributed by atoms with Crippen molar-refractivity contribution < 1.29 is 4.79 Å². The summed E-state index contributed by atoms with van der Waals surface area (Å²) in [6.07, 6.45) is 3.32. The number of rotatable bonds is 5. The van der Waals surface area contributed by atoms with Crippen LogP contribution in [0, 0.1) is 0 Å². The van der Waals surface area contributed by atoms with Crippen molar-refractivity contribution in [1.82, 2.24) is 14.5 Å². The van der Waals surface area contributed by atoms with Gasteiger partial charge in [-0.3, -0.25) is 14.2 Å². The molecule has 1 saturated heterocycles. The maximum atomic E-state index is 13.2. The lowest BCUT2D eigenvalue weighted by Gasteiger charge is -2.29. The van der Waals surface area contributed by atoms with Crippen molar-refractivity contribution in [2.45, 2.75) is 43.1 Å². The normalized spacial score (nSPS) is 15.4. The highest BCUT2D eigenvalue weighted by molar-refractivity contribution is 8.00. The van der Waals surface area contributed by atoms with Crippen molar-refractivity contribution >= 4 is 28.6 Å². The second-order valence-electron chi connectivity index (χ2n) is 7.43. The molecule has 5 nitrogen and oxygen atoms in total. The Balaban J connectivity index is 1.68. The van der Waals surface area contributed by atoms with Gasteiger partial charge >= 0.3 is 0 Å². The summed E-state index contributed by atoms with van der Waals surface area (Å²) in [6, 6.07) is 17.3. The van der Waals surface area contributed by atoms with Gasteiger partial charge in [0.1, 0.15) is 0 Å². The number of benzene rings is 2.